The number of para-hydroxylation sites is 1. The topological polar surface area (TPSA) is 96.0 Å². The molecule has 0 saturated heterocycles. The minimum absolute atomic E-state index is 0.156. The van der Waals surface area contributed by atoms with Crippen LogP contribution in [0.2, 0.25) is 0 Å². The molecular formula is C35H38FN3O5S. The van der Waals surface area contributed by atoms with Crippen molar-refractivity contribution in [1.82, 2.24) is 10.2 Å². The lowest BCUT2D eigenvalue weighted by Gasteiger charge is -2.33. The fourth-order valence-electron chi connectivity index (χ4n) is 4.79. The van der Waals surface area contributed by atoms with Gasteiger partial charge in [0, 0.05) is 25.1 Å². The lowest BCUT2D eigenvalue weighted by Crippen LogP contribution is -2.53. The van der Waals surface area contributed by atoms with E-state index in [2.05, 4.69) is 5.32 Å². The number of hydrogen-bond donors (Lipinski definition) is 1. The molecule has 0 saturated carbocycles. The van der Waals surface area contributed by atoms with E-state index in [1.165, 1.54) is 11.0 Å². The predicted molar refractivity (Wildman–Crippen MR) is 174 cm³/mol. The molecule has 0 aliphatic carbocycles. The Morgan fingerprint density at radius 1 is 0.844 bits per heavy atom. The van der Waals surface area contributed by atoms with Crippen LogP contribution < -0.4 is 14.4 Å². The van der Waals surface area contributed by atoms with Gasteiger partial charge >= 0.3 is 0 Å². The molecule has 0 bridgehead atoms. The summed E-state index contributed by atoms with van der Waals surface area (Å²) in [5.41, 5.74) is 1.25. The largest absolute Gasteiger partial charge is 0.457 e. The molecule has 0 spiro atoms. The fourth-order valence-corrected chi connectivity index (χ4v) is 5.64. The summed E-state index contributed by atoms with van der Waals surface area (Å²) in [4.78, 5) is 29.1. The van der Waals surface area contributed by atoms with Crippen LogP contribution in [0.3, 0.4) is 0 Å². The van der Waals surface area contributed by atoms with Crippen molar-refractivity contribution in [2.75, 3.05) is 23.7 Å². The van der Waals surface area contributed by atoms with Gasteiger partial charge < -0.3 is 15.0 Å². The van der Waals surface area contributed by atoms with E-state index >= 15 is 0 Å². The number of carbonyl (C=O) groups is 2. The molecule has 0 aliphatic heterocycles. The second-order valence-electron chi connectivity index (χ2n) is 10.6. The molecule has 0 aromatic heterocycles. The average Bonchev–Trinajstić information content (AvgIpc) is 3.03. The third kappa shape index (κ3) is 9.64. The summed E-state index contributed by atoms with van der Waals surface area (Å²) in [6.07, 6.45) is 2.77. The van der Waals surface area contributed by atoms with Gasteiger partial charge in [-0.3, -0.25) is 13.9 Å². The van der Waals surface area contributed by atoms with Crippen molar-refractivity contribution in [3.63, 3.8) is 0 Å². The Hall–Kier alpha value is -4.70. The number of carbonyl (C=O) groups excluding carboxylic acids is 2. The normalized spacial score (nSPS) is 11.8. The number of rotatable bonds is 15. The molecule has 236 valence electrons. The highest BCUT2D eigenvalue weighted by atomic mass is 32.2. The molecule has 8 nitrogen and oxygen atoms in total. The molecule has 1 unspecified atom stereocenters. The highest BCUT2D eigenvalue weighted by Gasteiger charge is 2.33. The van der Waals surface area contributed by atoms with Crippen LogP contribution in [0, 0.1) is 5.82 Å². The lowest BCUT2D eigenvalue weighted by atomic mass is 10.0. The number of benzene rings is 4. The summed E-state index contributed by atoms with van der Waals surface area (Å²) in [6, 6.07) is 29.7. The molecular weight excluding hydrogens is 593 g/mol. The van der Waals surface area contributed by atoms with Crippen molar-refractivity contribution in [3.8, 4) is 11.5 Å². The van der Waals surface area contributed by atoms with E-state index in [9.17, 15) is 22.4 Å². The average molecular weight is 632 g/mol. The quantitative estimate of drug-likeness (QED) is 0.164. The number of halogens is 1. The van der Waals surface area contributed by atoms with Crippen LogP contribution in [0.4, 0.5) is 10.1 Å². The third-order valence-corrected chi connectivity index (χ3v) is 8.32. The van der Waals surface area contributed by atoms with E-state index in [1.54, 1.807) is 54.6 Å². The molecule has 0 heterocycles. The molecule has 10 heteroatoms. The van der Waals surface area contributed by atoms with E-state index in [0.29, 0.717) is 18.0 Å². The van der Waals surface area contributed by atoms with Crippen LogP contribution in [-0.4, -0.2) is 50.5 Å². The molecule has 1 N–H and O–H groups in total. The van der Waals surface area contributed by atoms with Gasteiger partial charge in [-0.2, -0.15) is 0 Å². The number of nitrogens with zero attached hydrogens (tertiary/aromatic N) is 2. The summed E-state index contributed by atoms with van der Waals surface area (Å²) in [5.74, 6) is -0.484. The Labute approximate surface area is 264 Å². The van der Waals surface area contributed by atoms with Gasteiger partial charge in [-0.05, 0) is 54.4 Å². The number of nitrogens with one attached hydrogen (secondary N) is 1. The van der Waals surface area contributed by atoms with Gasteiger partial charge in [0.1, 0.15) is 29.9 Å². The second kappa shape index (κ2) is 15.9. The molecule has 4 aromatic rings. The van der Waals surface area contributed by atoms with E-state index in [4.69, 9.17) is 4.74 Å². The van der Waals surface area contributed by atoms with Gasteiger partial charge in [0.05, 0.1) is 11.9 Å². The first-order valence-electron chi connectivity index (χ1n) is 14.8. The van der Waals surface area contributed by atoms with Crippen LogP contribution in [0.5, 0.6) is 11.5 Å². The van der Waals surface area contributed by atoms with Crippen molar-refractivity contribution in [3.05, 3.63) is 126 Å². The number of amides is 2. The van der Waals surface area contributed by atoms with Crippen LogP contribution in [0.25, 0.3) is 0 Å². The van der Waals surface area contributed by atoms with E-state index in [1.807, 2.05) is 55.5 Å². The highest BCUT2D eigenvalue weighted by molar-refractivity contribution is 7.92. The van der Waals surface area contributed by atoms with Crippen molar-refractivity contribution in [1.29, 1.82) is 0 Å². The van der Waals surface area contributed by atoms with Crippen molar-refractivity contribution in [2.24, 2.45) is 0 Å². The SMILES string of the molecule is CCCCNC(=O)C(Cc1ccccc1)N(Cc1ccccc1F)C(=O)CN(c1ccc(Oc2ccccc2)cc1)S(C)(=O)=O. The van der Waals surface area contributed by atoms with Crippen molar-refractivity contribution in [2.45, 2.75) is 38.8 Å². The second-order valence-corrected chi connectivity index (χ2v) is 12.5. The van der Waals surface area contributed by atoms with Gasteiger partial charge in [0.25, 0.3) is 0 Å². The van der Waals surface area contributed by atoms with Gasteiger partial charge in [-0.25, -0.2) is 12.8 Å². The Morgan fingerprint density at radius 3 is 2.07 bits per heavy atom. The van der Waals surface area contributed by atoms with Crippen LogP contribution in [-0.2, 0) is 32.6 Å². The molecule has 0 radical (unpaired) electrons. The van der Waals surface area contributed by atoms with E-state index in [0.717, 1.165) is 29.0 Å². The fraction of sp³-hybridized carbons (Fsp3) is 0.257. The molecule has 0 aliphatic rings. The van der Waals surface area contributed by atoms with Crippen LogP contribution in [0.15, 0.2) is 109 Å². The Bertz CT molecular complexity index is 1650. The summed E-state index contributed by atoms with van der Waals surface area (Å²) in [6.45, 7) is 1.59. The maximum Gasteiger partial charge on any atom is 0.244 e. The van der Waals surface area contributed by atoms with Gasteiger partial charge in [0.2, 0.25) is 21.8 Å². The first kappa shape index (κ1) is 33.2. The summed E-state index contributed by atoms with van der Waals surface area (Å²) in [5, 5.41) is 2.91. The smallest absolute Gasteiger partial charge is 0.244 e. The van der Waals surface area contributed by atoms with Gasteiger partial charge in [-0.15, -0.1) is 0 Å². The van der Waals surface area contributed by atoms with E-state index in [-0.39, 0.29) is 24.2 Å². The molecule has 2 amide bonds. The van der Waals surface area contributed by atoms with Gasteiger partial charge in [0.15, 0.2) is 0 Å². The Balaban J connectivity index is 1.67. The first-order valence-corrected chi connectivity index (χ1v) is 16.7. The predicted octanol–water partition coefficient (Wildman–Crippen LogP) is 5.94. The van der Waals surface area contributed by atoms with Crippen molar-refractivity contribution < 1.29 is 27.1 Å². The standard InChI is InChI=1S/C35H38FN3O5S/c1-3-4-23-37-35(41)33(24-27-13-7-5-8-14-27)38(25-28-15-11-12-18-32(28)36)34(40)26-39(45(2,42)43)29-19-21-31(22-20-29)44-30-16-9-6-10-17-30/h5-22,33H,3-4,23-26H2,1-2H3,(H,37,41). The number of sulfonamides is 1. The Morgan fingerprint density at radius 2 is 1.44 bits per heavy atom. The van der Waals surface area contributed by atoms with E-state index < -0.39 is 40.2 Å². The number of hydrogen-bond acceptors (Lipinski definition) is 5. The zero-order valence-corrected chi connectivity index (χ0v) is 26.3. The number of ether oxygens (including phenoxy) is 1. The minimum atomic E-state index is -3.95. The molecule has 4 aromatic carbocycles. The lowest BCUT2D eigenvalue weighted by molar-refractivity contribution is -0.140. The monoisotopic (exact) mass is 631 g/mol. The number of anilines is 1. The number of unbranched alkanes of at least 4 members (excludes halogenated alkanes) is 1. The first-order chi connectivity index (χ1) is 21.7. The minimum Gasteiger partial charge on any atom is -0.457 e. The maximum absolute atomic E-state index is 14.9. The third-order valence-electron chi connectivity index (χ3n) is 7.18. The summed E-state index contributed by atoms with van der Waals surface area (Å²) >= 11 is 0. The zero-order chi connectivity index (χ0) is 32.2. The molecule has 45 heavy (non-hydrogen) atoms. The summed E-state index contributed by atoms with van der Waals surface area (Å²) < 4.78 is 47.8. The molecule has 4 rings (SSSR count). The maximum atomic E-state index is 14.9. The molecule has 1 atom stereocenters. The van der Waals surface area contributed by atoms with Crippen molar-refractivity contribution >= 4 is 27.5 Å². The highest BCUT2D eigenvalue weighted by Crippen LogP contribution is 2.26. The zero-order valence-electron chi connectivity index (χ0n) is 25.4. The Kier molecular flexibility index (Phi) is 11.7. The van der Waals surface area contributed by atoms with Gasteiger partial charge in [-0.1, -0.05) is 80.1 Å². The van der Waals surface area contributed by atoms with Crippen LogP contribution >= 0.6 is 0 Å². The summed E-state index contributed by atoms with van der Waals surface area (Å²) in [7, 11) is -3.95. The van der Waals surface area contributed by atoms with Crippen LogP contribution in [0.1, 0.15) is 30.9 Å². The molecule has 0 fully saturated rings.